The Morgan fingerprint density at radius 1 is 0.647 bits per heavy atom. The second-order valence-electron chi connectivity index (χ2n) is 11.3. The number of carbonyl (C=O) groups is 2. The van der Waals surface area contributed by atoms with Crippen LogP contribution in [-0.4, -0.2) is 50.8 Å². The molecule has 0 amide bonds. The molecule has 0 aliphatic heterocycles. The topological polar surface area (TPSA) is 65.1 Å². The highest BCUT2D eigenvalue weighted by molar-refractivity contribution is 7.99. The molecule has 4 aromatic rings. The van der Waals surface area contributed by atoms with Gasteiger partial charge in [0, 0.05) is 69.8 Å². The lowest BCUT2D eigenvalue weighted by molar-refractivity contribution is -0.138. The van der Waals surface area contributed by atoms with E-state index in [2.05, 4.69) is 61.1 Å². The minimum Gasteiger partial charge on any atom is -0.487 e. The molecule has 0 aromatic heterocycles. The summed E-state index contributed by atoms with van der Waals surface area (Å²) in [6, 6.07) is 30.4. The van der Waals surface area contributed by atoms with Crippen LogP contribution in [0.25, 0.3) is 0 Å². The highest BCUT2D eigenvalue weighted by Gasteiger charge is 2.08. The molecule has 4 rings (SSSR count). The zero-order valence-electron chi connectivity index (χ0n) is 29.0. The highest BCUT2D eigenvalue weighted by Crippen LogP contribution is 2.29. The van der Waals surface area contributed by atoms with Crippen molar-refractivity contribution < 1.29 is 23.8 Å². The molecule has 0 unspecified atom stereocenters. The number of benzene rings is 4. The maximum atomic E-state index is 11.1. The minimum absolute atomic E-state index is 0.385. The molecular formula is C43H41NO5S2. The first-order valence-corrected chi connectivity index (χ1v) is 18.4. The second kappa shape index (κ2) is 21.1. The summed E-state index contributed by atoms with van der Waals surface area (Å²) in [4.78, 5) is 26.5. The fourth-order valence-corrected chi connectivity index (χ4v) is 6.08. The van der Waals surface area contributed by atoms with Gasteiger partial charge in [0.2, 0.25) is 0 Å². The molecule has 260 valence electrons. The zero-order chi connectivity index (χ0) is 36.3. The Labute approximate surface area is 310 Å². The van der Waals surface area contributed by atoms with Crippen molar-refractivity contribution in [2.75, 3.05) is 43.7 Å². The van der Waals surface area contributed by atoms with Crippen LogP contribution in [0.4, 0.5) is 5.69 Å². The number of esters is 2. The standard InChI is InChI=1S/C43H41NO5S2/c1-5-42(45)47-27-7-29-50-38-22-17-34(18-23-38)10-9-33-12-15-37(16-13-33)32-49-41-26-21-36(31-40(41)44(3)4)14-11-35-19-24-39(25-20-35)51-30-8-28-48-43(46)6-2/h5-6,12-13,15-26,31H,1-2,7-8,27-30,32H2,3-4H3. The first-order valence-electron chi connectivity index (χ1n) is 16.4. The summed E-state index contributed by atoms with van der Waals surface area (Å²) < 4.78 is 16.3. The summed E-state index contributed by atoms with van der Waals surface area (Å²) in [5, 5.41) is 0. The van der Waals surface area contributed by atoms with Crippen molar-refractivity contribution in [1.82, 2.24) is 0 Å². The molecule has 4 aromatic carbocycles. The molecule has 0 aliphatic carbocycles. The Morgan fingerprint density at radius 3 is 1.53 bits per heavy atom. The third-order valence-corrected chi connectivity index (χ3v) is 9.33. The molecule has 0 fully saturated rings. The van der Waals surface area contributed by atoms with E-state index in [-0.39, 0.29) is 11.9 Å². The average molecular weight is 716 g/mol. The number of hydrogen-bond donors (Lipinski definition) is 0. The fraction of sp³-hybridized carbons (Fsp3) is 0.209. The Morgan fingerprint density at radius 2 is 1.08 bits per heavy atom. The zero-order valence-corrected chi connectivity index (χ0v) is 30.6. The van der Waals surface area contributed by atoms with Crippen LogP contribution < -0.4 is 9.64 Å². The average Bonchev–Trinajstić information content (AvgIpc) is 3.16. The van der Waals surface area contributed by atoms with Gasteiger partial charge in [0.05, 0.1) is 18.9 Å². The number of nitrogens with zero attached hydrogens (tertiary/aromatic N) is 1. The first-order chi connectivity index (χ1) is 24.8. The van der Waals surface area contributed by atoms with Crippen LogP contribution in [0.2, 0.25) is 0 Å². The summed E-state index contributed by atoms with van der Waals surface area (Å²) in [6.07, 6.45) is 3.92. The summed E-state index contributed by atoms with van der Waals surface area (Å²) in [6.45, 7) is 8.01. The SMILES string of the molecule is C=CC(=O)OCCCSc1ccc(C#Cc2ccc(COc3ccc(C#Cc4ccc(SCCCOC(=O)C=C)cc4)cc3N(C)C)cc2)cc1. The molecule has 0 spiro atoms. The van der Waals surface area contributed by atoms with E-state index in [1.807, 2.05) is 85.7 Å². The Kier molecular flexibility index (Phi) is 15.9. The first kappa shape index (κ1) is 38.5. The van der Waals surface area contributed by atoms with Crippen molar-refractivity contribution in [3.05, 3.63) is 144 Å². The van der Waals surface area contributed by atoms with Crippen molar-refractivity contribution in [2.24, 2.45) is 0 Å². The molecular weight excluding hydrogens is 675 g/mol. The summed E-state index contributed by atoms with van der Waals surface area (Å²) in [5.41, 5.74) is 5.71. The van der Waals surface area contributed by atoms with Gasteiger partial charge < -0.3 is 19.1 Å². The van der Waals surface area contributed by atoms with Crippen molar-refractivity contribution >= 4 is 41.1 Å². The molecule has 0 aliphatic rings. The molecule has 51 heavy (non-hydrogen) atoms. The number of thioether (sulfide) groups is 2. The van der Waals surface area contributed by atoms with Crippen molar-refractivity contribution in [2.45, 2.75) is 29.2 Å². The predicted octanol–water partition coefficient (Wildman–Crippen LogP) is 8.55. The molecule has 6 nitrogen and oxygen atoms in total. The molecule has 0 bridgehead atoms. The third kappa shape index (κ3) is 13.9. The van der Waals surface area contributed by atoms with Crippen molar-refractivity contribution in [3.8, 4) is 29.4 Å². The Hall–Kier alpha value is -5.28. The van der Waals surface area contributed by atoms with Crippen LogP contribution in [-0.2, 0) is 25.7 Å². The molecule has 0 atom stereocenters. The highest BCUT2D eigenvalue weighted by atomic mass is 32.2. The van der Waals surface area contributed by atoms with Crippen LogP contribution in [0.5, 0.6) is 5.75 Å². The van der Waals surface area contributed by atoms with Crippen molar-refractivity contribution in [3.63, 3.8) is 0 Å². The summed E-state index contributed by atoms with van der Waals surface area (Å²) in [5.74, 6) is 14.7. The molecule has 0 heterocycles. The van der Waals surface area contributed by atoms with E-state index in [0.717, 1.165) is 73.4 Å². The largest absolute Gasteiger partial charge is 0.487 e. The molecule has 0 saturated carbocycles. The second-order valence-corrected chi connectivity index (χ2v) is 13.6. The van der Waals surface area contributed by atoms with Crippen molar-refractivity contribution in [1.29, 1.82) is 0 Å². The van der Waals surface area contributed by atoms with Gasteiger partial charge in [-0.2, -0.15) is 0 Å². The van der Waals surface area contributed by atoms with E-state index in [0.29, 0.717) is 19.8 Å². The van der Waals surface area contributed by atoms with Crippen LogP contribution >= 0.6 is 23.5 Å². The summed E-state index contributed by atoms with van der Waals surface area (Å²) in [7, 11) is 3.98. The number of rotatable bonds is 16. The normalized spacial score (nSPS) is 10.1. The quantitative estimate of drug-likeness (QED) is 0.0376. The van der Waals surface area contributed by atoms with E-state index >= 15 is 0 Å². The maximum Gasteiger partial charge on any atom is 0.330 e. The van der Waals surface area contributed by atoms with Gasteiger partial charge in [0.15, 0.2) is 0 Å². The lowest BCUT2D eigenvalue weighted by Gasteiger charge is -2.18. The van der Waals surface area contributed by atoms with Gasteiger partial charge in [-0.1, -0.05) is 49.0 Å². The van der Waals surface area contributed by atoms with Crippen LogP contribution in [0, 0.1) is 23.7 Å². The van der Waals surface area contributed by atoms with E-state index in [1.54, 1.807) is 23.5 Å². The van der Waals surface area contributed by atoms with Gasteiger partial charge in [-0.05, 0) is 97.3 Å². The lowest BCUT2D eigenvalue weighted by atomic mass is 10.1. The van der Waals surface area contributed by atoms with Crippen LogP contribution in [0.15, 0.2) is 126 Å². The molecule has 8 heteroatoms. The van der Waals surface area contributed by atoms with E-state index in [4.69, 9.17) is 14.2 Å². The van der Waals surface area contributed by atoms with E-state index in [1.165, 1.54) is 12.2 Å². The number of hydrogen-bond acceptors (Lipinski definition) is 8. The van der Waals surface area contributed by atoms with Gasteiger partial charge in [-0.3, -0.25) is 0 Å². The van der Waals surface area contributed by atoms with Gasteiger partial charge in [-0.15, -0.1) is 23.5 Å². The Bertz CT molecular complexity index is 1900. The number of ether oxygens (including phenoxy) is 3. The van der Waals surface area contributed by atoms with Gasteiger partial charge in [0.1, 0.15) is 12.4 Å². The molecule has 0 N–H and O–H groups in total. The van der Waals surface area contributed by atoms with Gasteiger partial charge in [-0.25, -0.2) is 9.59 Å². The lowest BCUT2D eigenvalue weighted by Crippen LogP contribution is -2.11. The fourth-order valence-electron chi connectivity index (χ4n) is 4.43. The van der Waals surface area contributed by atoms with Crippen LogP contribution in [0.3, 0.4) is 0 Å². The number of anilines is 1. The van der Waals surface area contributed by atoms with Gasteiger partial charge in [0.25, 0.3) is 0 Å². The van der Waals surface area contributed by atoms with E-state index < -0.39 is 0 Å². The number of carbonyl (C=O) groups excluding carboxylic acids is 2. The molecule has 0 saturated heterocycles. The smallest absolute Gasteiger partial charge is 0.330 e. The molecule has 0 radical (unpaired) electrons. The monoisotopic (exact) mass is 715 g/mol. The summed E-state index contributed by atoms with van der Waals surface area (Å²) >= 11 is 3.44. The maximum absolute atomic E-state index is 11.1. The van der Waals surface area contributed by atoms with E-state index in [9.17, 15) is 9.59 Å². The minimum atomic E-state index is -0.386. The predicted molar refractivity (Wildman–Crippen MR) is 209 cm³/mol. The van der Waals surface area contributed by atoms with Crippen LogP contribution in [0.1, 0.15) is 40.7 Å². The third-order valence-electron chi connectivity index (χ3n) is 7.14. The van der Waals surface area contributed by atoms with Gasteiger partial charge >= 0.3 is 11.9 Å². The Balaban J connectivity index is 1.25.